The van der Waals surface area contributed by atoms with Gasteiger partial charge in [0.1, 0.15) is 0 Å². The molecule has 2 heteroatoms. The van der Waals surface area contributed by atoms with Crippen molar-refractivity contribution in [1.29, 1.82) is 5.26 Å². The van der Waals surface area contributed by atoms with Crippen LogP contribution in [0.25, 0.3) is 0 Å². The lowest BCUT2D eigenvalue weighted by molar-refractivity contribution is 0.314. The van der Waals surface area contributed by atoms with Crippen molar-refractivity contribution in [2.24, 2.45) is 11.8 Å². The highest BCUT2D eigenvalue weighted by atomic mass is 15.0. The van der Waals surface area contributed by atoms with Crippen LogP contribution in [0.15, 0.2) is 0 Å². The van der Waals surface area contributed by atoms with E-state index in [2.05, 4.69) is 18.3 Å². The third kappa shape index (κ3) is 1.93. The molecule has 2 nitrogen and oxygen atoms in total. The summed E-state index contributed by atoms with van der Waals surface area (Å²) in [7, 11) is 0. The highest BCUT2D eigenvalue weighted by Crippen LogP contribution is 2.44. The molecule has 0 saturated heterocycles. The van der Waals surface area contributed by atoms with Gasteiger partial charge in [-0.1, -0.05) is 13.3 Å². The Balaban J connectivity index is 1.82. The first kappa shape index (κ1) is 9.98. The van der Waals surface area contributed by atoms with Crippen LogP contribution in [0, 0.1) is 23.2 Å². The summed E-state index contributed by atoms with van der Waals surface area (Å²) in [5, 5.41) is 12.4. The smallest absolute Gasteiger partial charge is 0.0638 e. The second kappa shape index (κ2) is 4.31. The fourth-order valence-corrected chi connectivity index (χ4v) is 3.18. The van der Waals surface area contributed by atoms with E-state index in [1.165, 1.54) is 25.7 Å². The Morgan fingerprint density at radius 1 is 1.43 bits per heavy atom. The molecule has 0 aromatic carbocycles. The number of fused-ring (bicyclic) bond motifs is 2. The second-order valence-electron chi connectivity index (χ2n) is 4.92. The largest absolute Gasteiger partial charge is 0.310 e. The lowest BCUT2D eigenvalue weighted by Crippen LogP contribution is -2.40. The molecule has 0 amide bonds. The third-order valence-electron chi connectivity index (χ3n) is 4.02. The quantitative estimate of drug-likeness (QED) is 0.742. The molecular formula is C12H20N2. The van der Waals surface area contributed by atoms with Gasteiger partial charge < -0.3 is 5.32 Å². The van der Waals surface area contributed by atoms with Crippen LogP contribution in [0.5, 0.6) is 0 Å². The molecule has 14 heavy (non-hydrogen) atoms. The molecule has 78 valence electrons. The maximum Gasteiger partial charge on any atom is 0.0638 e. The van der Waals surface area contributed by atoms with E-state index in [0.717, 1.165) is 24.3 Å². The summed E-state index contributed by atoms with van der Waals surface area (Å²) in [5.41, 5.74) is 0. The Bertz CT molecular complexity index is 231. The molecule has 0 heterocycles. The molecule has 0 spiro atoms. The number of rotatable bonds is 4. The SMILES string of the molecule is CCC(CC#N)NC1CC2CCC1C2. The predicted molar refractivity (Wildman–Crippen MR) is 56.7 cm³/mol. The monoisotopic (exact) mass is 192 g/mol. The summed E-state index contributed by atoms with van der Waals surface area (Å²) < 4.78 is 0. The van der Waals surface area contributed by atoms with Gasteiger partial charge in [0, 0.05) is 12.1 Å². The average molecular weight is 192 g/mol. The molecule has 2 aliphatic rings. The Labute approximate surface area is 86.7 Å². The van der Waals surface area contributed by atoms with Gasteiger partial charge in [-0.15, -0.1) is 0 Å². The van der Waals surface area contributed by atoms with E-state index in [1.54, 1.807) is 0 Å². The van der Waals surface area contributed by atoms with Crippen molar-refractivity contribution in [3.63, 3.8) is 0 Å². The highest BCUT2D eigenvalue weighted by Gasteiger charge is 2.39. The molecule has 4 atom stereocenters. The van der Waals surface area contributed by atoms with Gasteiger partial charge in [0.15, 0.2) is 0 Å². The van der Waals surface area contributed by atoms with Crippen molar-refractivity contribution in [1.82, 2.24) is 5.32 Å². The first-order valence-electron chi connectivity index (χ1n) is 5.96. The van der Waals surface area contributed by atoms with Crippen molar-refractivity contribution >= 4 is 0 Å². The fraction of sp³-hybridized carbons (Fsp3) is 0.917. The van der Waals surface area contributed by atoms with E-state index >= 15 is 0 Å². The van der Waals surface area contributed by atoms with E-state index in [4.69, 9.17) is 5.26 Å². The normalized spacial score (nSPS) is 37.0. The fourth-order valence-electron chi connectivity index (χ4n) is 3.18. The van der Waals surface area contributed by atoms with Crippen molar-refractivity contribution in [3.8, 4) is 6.07 Å². The molecule has 4 unspecified atom stereocenters. The maximum absolute atomic E-state index is 8.68. The van der Waals surface area contributed by atoms with Crippen molar-refractivity contribution < 1.29 is 0 Å². The molecule has 0 radical (unpaired) electrons. The van der Waals surface area contributed by atoms with Crippen LogP contribution in [0.1, 0.15) is 45.4 Å². The van der Waals surface area contributed by atoms with E-state index in [0.29, 0.717) is 12.5 Å². The summed E-state index contributed by atoms with van der Waals surface area (Å²) in [5.74, 6) is 1.92. The molecule has 2 aliphatic carbocycles. The molecule has 0 aromatic rings. The minimum Gasteiger partial charge on any atom is -0.310 e. The lowest BCUT2D eigenvalue weighted by Gasteiger charge is -2.27. The van der Waals surface area contributed by atoms with Crippen LogP contribution < -0.4 is 5.32 Å². The number of nitrogens with one attached hydrogen (secondary N) is 1. The van der Waals surface area contributed by atoms with Gasteiger partial charge in [0.2, 0.25) is 0 Å². The Morgan fingerprint density at radius 2 is 2.29 bits per heavy atom. The van der Waals surface area contributed by atoms with Crippen LogP contribution in [-0.2, 0) is 0 Å². The van der Waals surface area contributed by atoms with Gasteiger partial charge in [-0.3, -0.25) is 0 Å². The molecule has 1 N–H and O–H groups in total. The van der Waals surface area contributed by atoms with Crippen molar-refractivity contribution in [2.45, 2.75) is 57.5 Å². The topological polar surface area (TPSA) is 35.8 Å². The summed E-state index contributed by atoms with van der Waals surface area (Å²) >= 11 is 0. The Hall–Kier alpha value is -0.550. The molecular weight excluding hydrogens is 172 g/mol. The van der Waals surface area contributed by atoms with Gasteiger partial charge >= 0.3 is 0 Å². The first-order valence-corrected chi connectivity index (χ1v) is 5.96. The zero-order chi connectivity index (χ0) is 9.97. The third-order valence-corrected chi connectivity index (χ3v) is 4.02. The van der Waals surface area contributed by atoms with Gasteiger partial charge in [-0.05, 0) is 37.5 Å². The molecule has 0 aliphatic heterocycles. The van der Waals surface area contributed by atoms with Crippen LogP contribution in [0.2, 0.25) is 0 Å². The highest BCUT2D eigenvalue weighted by molar-refractivity contribution is 4.96. The molecule has 2 fully saturated rings. The number of nitriles is 1. The van der Waals surface area contributed by atoms with Gasteiger partial charge in [-0.25, -0.2) is 0 Å². The predicted octanol–water partition coefficient (Wildman–Crippen LogP) is 2.46. The Morgan fingerprint density at radius 3 is 2.79 bits per heavy atom. The van der Waals surface area contributed by atoms with E-state index in [-0.39, 0.29) is 0 Å². The van der Waals surface area contributed by atoms with Crippen LogP contribution in [0.3, 0.4) is 0 Å². The summed E-state index contributed by atoms with van der Waals surface area (Å²) in [6, 6.07) is 3.44. The van der Waals surface area contributed by atoms with Crippen LogP contribution >= 0.6 is 0 Å². The van der Waals surface area contributed by atoms with E-state index in [1.807, 2.05) is 0 Å². The van der Waals surface area contributed by atoms with E-state index in [9.17, 15) is 0 Å². The molecule has 2 bridgehead atoms. The summed E-state index contributed by atoms with van der Waals surface area (Å²) in [4.78, 5) is 0. The van der Waals surface area contributed by atoms with Gasteiger partial charge in [0.25, 0.3) is 0 Å². The standard InChI is InChI=1S/C12H20N2/c1-2-11(5-6-13)14-12-8-9-3-4-10(12)7-9/h9-12,14H,2-5,7-8H2,1H3. The number of hydrogen-bond acceptors (Lipinski definition) is 2. The van der Waals surface area contributed by atoms with E-state index < -0.39 is 0 Å². The number of nitrogens with zero attached hydrogens (tertiary/aromatic N) is 1. The molecule has 2 saturated carbocycles. The van der Waals surface area contributed by atoms with Gasteiger partial charge in [-0.2, -0.15) is 5.26 Å². The second-order valence-corrected chi connectivity index (χ2v) is 4.92. The average Bonchev–Trinajstić information content (AvgIpc) is 2.78. The summed E-state index contributed by atoms with van der Waals surface area (Å²) in [6.07, 6.45) is 7.45. The Kier molecular flexibility index (Phi) is 3.08. The minimum absolute atomic E-state index is 0.435. The number of hydrogen-bond donors (Lipinski definition) is 1. The maximum atomic E-state index is 8.68. The zero-order valence-corrected chi connectivity index (χ0v) is 9.00. The summed E-state index contributed by atoms with van der Waals surface area (Å²) in [6.45, 7) is 2.17. The van der Waals surface area contributed by atoms with Crippen molar-refractivity contribution in [3.05, 3.63) is 0 Å². The minimum atomic E-state index is 0.435. The first-order chi connectivity index (χ1) is 6.83. The molecule has 0 aromatic heterocycles. The zero-order valence-electron chi connectivity index (χ0n) is 9.00. The molecule has 2 rings (SSSR count). The lowest BCUT2D eigenvalue weighted by atomic mass is 9.94. The van der Waals surface area contributed by atoms with Crippen molar-refractivity contribution in [2.75, 3.05) is 0 Å². The van der Waals surface area contributed by atoms with Crippen LogP contribution in [-0.4, -0.2) is 12.1 Å². The van der Waals surface area contributed by atoms with Crippen LogP contribution in [0.4, 0.5) is 0 Å². The van der Waals surface area contributed by atoms with Gasteiger partial charge in [0.05, 0.1) is 12.5 Å².